The van der Waals surface area contributed by atoms with Crippen LogP contribution in [0.3, 0.4) is 0 Å². The van der Waals surface area contributed by atoms with E-state index in [1.165, 1.54) is 0 Å². The highest BCUT2D eigenvalue weighted by Crippen LogP contribution is 2.53. The minimum atomic E-state index is -2.50. The monoisotopic (exact) mass is 300 g/mol. The molecule has 1 atom stereocenters. The highest BCUT2D eigenvalue weighted by Gasteiger charge is 2.65. The summed E-state index contributed by atoms with van der Waals surface area (Å²) in [5, 5.41) is 32.7. The Morgan fingerprint density at radius 2 is 1.50 bits per heavy atom. The largest absolute Gasteiger partial charge is 0.452 e. The Morgan fingerprint density at radius 1 is 0.864 bits per heavy atom. The maximum absolute atomic E-state index is 11.0. The van der Waals surface area contributed by atoms with Gasteiger partial charge in [-0.25, -0.2) is 0 Å². The van der Waals surface area contributed by atoms with Gasteiger partial charge in [0, 0.05) is 11.1 Å². The maximum Gasteiger partial charge on any atom is 0.290 e. The van der Waals surface area contributed by atoms with Crippen molar-refractivity contribution in [2.24, 2.45) is 0 Å². The summed E-state index contributed by atoms with van der Waals surface area (Å²) in [5.74, 6) is -4.30. The lowest BCUT2D eigenvalue weighted by Crippen LogP contribution is -2.67. The zero-order valence-corrected chi connectivity index (χ0v) is 12.9. The van der Waals surface area contributed by atoms with E-state index in [0.29, 0.717) is 16.9 Å². The van der Waals surface area contributed by atoms with Crippen LogP contribution in [-0.4, -0.2) is 21.1 Å². The fourth-order valence-corrected chi connectivity index (χ4v) is 3.28. The lowest BCUT2D eigenvalue weighted by atomic mass is 9.68. The normalized spacial score (nSPS) is 25.2. The van der Waals surface area contributed by atoms with Crippen LogP contribution in [0, 0.1) is 6.92 Å². The third kappa shape index (κ3) is 1.75. The molecule has 2 aromatic carbocycles. The molecule has 3 rings (SSSR count). The van der Waals surface area contributed by atoms with Gasteiger partial charge in [-0.15, -0.1) is 0 Å². The van der Waals surface area contributed by atoms with Crippen LogP contribution in [0.25, 0.3) is 0 Å². The molecule has 0 aliphatic carbocycles. The first-order valence-electron chi connectivity index (χ1n) is 7.23. The van der Waals surface area contributed by atoms with Crippen LogP contribution in [-0.2, 0) is 11.2 Å². The summed E-state index contributed by atoms with van der Waals surface area (Å²) < 4.78 is 5.69. The molecule has 1 unspecified atom stereocenters. The number of benzene rings is 2. The van der Waals surface area contributed by atoms with Crippen LogP contribution < -0.4 is 4.74 Å². The molecule has 0 fully saturated rings. The quantitative estimate of drug-likeness (QED) is 0.706. The Labute approximate surface area is 129 Å². The summed E-state index contributed by atoms with van der Waals surface area (Å²) in [6.45, 7) is 5.26. The van der Waals surface area contributed by atoms with Gasteiger partial charge in [0.05, 0.1) is 5.41 Å². The molecule has 116 valence electrons. The first kappa shape index (κ1) is 15.0. The van der Waals surface area contributed by atoms with E-state index in [2.05, 4.69) is 0 Å². The number of aryl methyl sites for hydroxylation is 1. The third-order valence-electron chi connectivity index (χ3n) is 4.63. The molecule has 0 amide bonds. The lowest BCUT2D eigenvalue weighted by molar-refractivity contribution is -0.385. The summed E-state index contributed by atoms with van der Waals surface area (Å²) in [5.41, 5.74) is 0.724. The van der Waals surface area contributed by atoms with Gasteiger partial charge in [0.25, 0.3) is 5.79 Å². The minimum Gasteiger partial charge on any atom is -0.452 e. The molecule has 0 aromatic heterocycles. The van der Waals surface area contributed by atoms with Crippen molar-refractivity contribution in [3.05, 3.63) is 65.2 Å². The highest BCUT2D eigenvalue weighted by molar-refractivity contribution is 5.50. The molecule has 0 radical (unpaired) electrons. The fourth-order valence-electron chi connectivity index (χ4n) is 3.28. The molecule has 4 nitrogen and oxygen atoms in total. The minimum absolute atomic E-state index is 0.292. The fraction of sp³-hybridized carbons (Fsp3) is 0.333. The number of ether oxygens (including phenoxy) is 1. The zero-order chi connectivity index (χ0) is 16.2. The summed E-state index contributed by atoms with van der Waals surface area (Å²) in [6, 6.07) is 13.9. The Morgan fingerprint density at radius 3 is 2.14 bits per heavy atom. The van der Waals surface area contributed by atoms with Crippen LogP contribution in [0.4, 0.5) is 0 Å². The molecule has 1 heterocycles. The van der Waals surface area contributed by atoms with E-state index in [1.807, 2.05) is 19.1 Å². The van der Waals surface area contributed by atoms with Crippen LogP contribution in [0.2, 0.25) is 0 Å². The van der Waals surface area contributed by atoms with Crippen LogP contribution in [0.5, 0.6) is 5.75 Å². The predicted molar refractivity (Wildman–Crippen MR) is 82.3 cm³/mol. The molecule has 1 aliphatic heterocycles. The Bertz CT molecular complexity index is 706. The summed E-state index contributed by atoms with van der Waals surface area (Å²) in [7, 11) is 0. The van der Waals surface area contributed by atoms with E-state index in [9.17, 15) is 15.3 Å². The van der Waals surface area contributed by atoms with Crippen LogP contribution in [0.15, 0.2) is 48.5 Å². The molecular weight excluding hydrogens is 280 g/mol. The Hall–Kier alpha value is -1.88. The number of hydrogen-bond donors (Lipinski definition) is 3. The molecule has 2 aromatic rings. The average Bonchev–Trinajstić information content (AvgIpc) is 2.46. The molecule has 3 N–H and O–H groups in total. The maximum atomic E-state index is 11.0. The molecule has 0 spiro atoms. The van der Waals surface area contributed by atoms with Crippen LogP contribution >= 0.6 is 0 Å². The van der Waals surface area contributed by atoms with Crippen molar-refractivity contribution in [1.82, 2.24) is 0 Å². The first-order valence-corrected chi connectivity index (χ1v) is 7.23. The van der Waals surface area contributed by atoms with Gasteiger partial charge in [0.1, 0.15) is 5.75 Å². The smallest absolute Gasteiger partial charge is 0.290 e. The number of aliphatic hydroxyl groups is 3. The second-order valence-electron chi connectivity index (χ2n) is 6.36. The van der Waals surface area contributed by atoms with Gasteiger partial charge in [-0.2, -0.15) is 0 Å². The molecule has 0 bridgehead atoms. The van der Waals surface area contributed by atoms with Crippen molar-refractivity contribution in [2.45, 2.75) is 37.8 Å². The lowest BCUT2D eigenvalue weighted by Gasteiger charge is -2.52. The summed E-state index contributed by atoms with van der Waals surface area (Å²) >= 11 is 0. The van der Waals surface area contributed by atoms with Crippen molar-refractivity contribution in [1.29, 1.82) is 0 Å². The van der Waals surface area contributed by atoms with Gasteiger partial charge in [-0.05, 0) is 18.6 Å². The summed E-state index contributed by atoms with van der Waals surface area (Å²) in [6.07, 6.45) is 0. The molecule has 1 aliphatic rings. The second kappa shape index (κ2) is 4.56. The molecular formula is C18H20O4. The molecule has 0 saturated carbocycles. The van der Waals surface area contributed by atoms with Gasteiger partial charge < -0.3 is 20.1 Å². The Balaban J connectivity index is 2.29. The third-order valence-corrected chi connectivity index (χ3v) is 4.63. The highest BCUT2D eigenvalue weighted by atomic mass is 16.7. The van der Waals surface area contributed by atoms with Gasteiger partial charge in [0.2, 0.25) is 5.79 Å². The van der Waals surface area contributed by atoms with E-state index in [1.54, 1.807) is 50.2 Å². The van der Waals surface area contributed by atoms with E-state index >= 15 is 0 Å². The van der Waals surface area contributed by atoms with E-state index < -0.39 is 17.0 Å². The molecule has 22 heavy (non-hydrogen) atoms. The predicted octanol–water partition coefficient (Wildman–Crippen LogP) is 2.19. The van der Waals surface area contributed by atoms with Crippen molar-refractivity contribution in [2.75, 3.05) is 0 Å². The topological polar surface area (TPSA) is 69.9 Å². The number of hydrogen-bond acceptors (Lipinski definition) is 4. The van der Waals surface area contributed by atoms with Gasteiger partial charge >= 0.3 is 0 Å². The van der Waals surface area contributed by atoms with E-state index in [0.717, 1.165) is 5.56 Å². The van der Waals surface area contributed by atoms with Gasteiger partial charge in [-0.3, -0.25) is 0 Å². The Kier molecular flexibility index (Phi) is 3.11. The van der Waals surface area contributed by atoms with Gasteiger partial charge in [0.15, 0.2) is 0 Å². The number of rotatable bonds is 1. The zero-order valence-electron chi connectivity index (χ0n) is 12.9. The van der Waals surface area contributed by atoms with Crippen LogP contribution in [0.1, 0.15) is 30.5 Å². The standard InChI is InChI=1S/C18H20O4/c1-12-8-7-11-14-15(12)16(2,3)18(20,21)17(19,22-14)13-9-5-4-6-10-13/h4-11,19-21H,1-3H3. The van der Waals surface area contributed by atoms with E-state index in [-0.39, 0.29) is 0 Å². The average molecular weight is 300 g/mol. The second-order valence-corrected chi connectivity index (χ2v) is 6.36. The van der Waals surface area contributed by atoms with E-state index in [4.69, 9.17) is 4.74 Å². The molecule has 0 saturated heterocycles. The van der Waals surface area contributed by atoms with Gasteiger partial charge in [-0.1, -0.05) is 56.3 Å². The van der Waals surface area contributed by atoms with Crippen molar-refractivity contribution < 1.29 is 20.1 Å². The van der Waals surface area contributed by atoms with Crippen molar-refractivity contribution in [3.63, 3.8) is 0 Å². The first-order chi connectivity index (χ1) is 10.2. The summed E-state index contributed by atoms with van der Waals surface area (Å²) in [4.78, 5) is 0. The number of fused-ring (bicyclic) bond motifs is 1. The molecule has 4 heteroatoms. The SMILES string of the molecule is Cc1cccc2c1C(C)(C)C(O)(O)C(O)(c1ccccc1)O2. The van der Waals surface area contributed by atoms with Crippen molar-refractivity contribution >= 4 is 0 Å². The van der Waals surface area contributed by atoms with Crippen molar-refractivity contribution in [3.8, 4) is 5.75 Å².